The Kier molecular flexibility index (Phi) is 1.81. The molecule has 0 spiro atoms. The number of pyridine rings is 1. The molecule has 0 aromatic carbocycles. The molecule has 2 heterocycles. The molecule has 2 aromatic heterocycles. The van der Waals surface area contributed by atoms with Gasteiger partial charge in [0.2, 0.25) is 0 Å². The van der Waals surface area contributed by atoms with Gasteiger partial charge in [-0.2, -0.15) is 5.10 Å². The third-order valence-electron chi connectivity index (χ3n) is 1.77. The topological polar surface area (TPSA) is 47.8 Å². The van der Waals surface area contributed by atoms with Crippen molar-refractivity contribution in [1.82, 2.24) is 14.8 Å². The standard InChI is InChI=1S/C9H9N3O/c1-7(13)6-12-9-8(5-11-12)3-2-4-10-9/h2-5H,6H2,1H3. The summed E-state index contributed by atoms with van der Waals surface area (Å²) in [5.74, 6) is 0.0793. The molecular weight excluding hydrogens is 166 g/mol. The van der Waals surface area contributed by atoms with Gasteiger partial charge >= 0.3 is 0 Å². The monoisotopic (exact) mass is 175 g/mol. The second-order valence-corrected chi connectivity index (χ2v) is 2.92. The zero-order valence-corrected chi connectivity index (χ0v) is 7.27. The summed E-state index contributed by atoms with van der Waals surface area (Å²) < 4.78 is 1.61. The summed E-state index contributed by atoms with van der Waals surface area (Å²) >= 11 is 0. The van der Waals surface area contributed by atoms with E-state index in [9.17, 15) is 4.79 Å². The minimum Gasteiger partial charge on any atom is -0.298 e. The Morgan fingerprint density at radius 2 is 2.46 bits per heavy atom. The van der Waals surface area contributed by atoms with E-state index >= 15 is 0 Å². The fourth-order valence-corrected chi connectivity index (χ4v) is 1.24. The van der Waals surface area contributed by atoms with Crippen LogP contribution in [0.25, 0.3) is 11.0 Å². The van der Waals surface area contributed by atoms with E-state index in [2.05, 4.69) is 10.1 Å². The van der Waals surface area contributed by atoms with E-state index in [1.165, 1.54) is 6.92 Å². The molecule has 2 aromatic rings. The highest BCUT2D eigenvalue weighted by atomic mass is 16.1. The number of nitrogens with zero attached hydrogens (tertiary/aromatic N) is 3. The quantitative estimate of drug-likeness (QED) is 0.684. The molecule has 0 saturated carbocycles. The van der Waals surface area contributed by atoms with Crippen LogP contribution >= 0.6 is 0 Å². The van der Waals surface area contributed by atoms with Gasteiger partial charge in [0.05, 0.1) is 6.20 Å². The second-order valence-electron chi connectivity index (χ2n) is 2.92. The number of carbonyl (C=O) groups is 1. The minimum atomic E-state index is 0.0793. The van der Waals surface area contributed by atoms with Gasteiger partial charge in [-0.25, -0.2) is 9.67 Å². The van der Waals surface area contributed by atoms with Crippen molar-refractivity contribution < 1.29 is 4.79 Å². The number of ketones is 1. The molecule has 13 heavy (non-hydrogen) atoms. The molecular formula is C9H9N3O. The average Bonchev–Trinajstić information content (AvgIpc) is 2.48. The smallest absolute Gasteiger partial charge is 0.158 e. The van der Waals surface area contributed by atoms with Crippen molar-refractivity contribution in [3.8, 4) is 0 Å². The van der Waals surface area contributed by atoms with Crippen molar-refractivity contribution in [3.05, 3.63) is 24.5 Å². The predicted molar refractivity (Wildman–Crippen MR) is 48.2 cm³/mol. The first-order valence-electron chi connectivity index (χ1n) is 4.03. The molecule has 0 fully saturated rings. The van der Waals surface area contributed by atoms with Gasteiger partial charge < -0.3 is 0 Å². The van der Waals surface area contributed by atoms with E-state index in [0.29, 0.717) is 6.54 Å². The molecule has 2 rings (SSSR count). The summed E-state index contributed by atoms with van der Waals surface area (Å²) in [6, 6.07) is 3.77. The van der Waals surface area contributed by atoms with E-state index in [4.69, 9.17) is 0 Å². The van der Waals surface area contributed by atoms with Crippen molar-refractivity contribution in [2.45, 2.75) is 13.5 Å². The maximum Gasteiger partial charge on any atom is 0.158 e. The number of aromatic nitrogens is 3. The highest BCUT2D eigenvalue weighted by Gasteiger charge is 2.03. The molecule has 0 radical (unpaired) electrons. The average molecular weight is 175 g/mol. The van der Waals surface area contributed by atoms with Crippen LogP contribution in [0.2, 0.25) is 0 Å². The number of hydrogen-bond acceptors (Lipinski definition) is 3. The summed E-state index contributed by atoms with van der Waals surface area (Å²) in [4.78, 5) is 15.0. The number of rotatable bonds is 2. The van der Waals surface area contributed by atoms with Crippen molar-refractivity contribution >= 4 is 16.8 Å². The fourth-order valence-electron chi connectivity index (χ4n) is 1.24. The summed E-state index contributed by atoms with van der Waals surface area (Å²) in [6.07, 6.45) is 3.41. The van der Waals surface area contributed by atoms with E-state index < -0.39 is 0 Å². The van der Waals surface area contributed by atoms with Crippen molar-refractivity contribution in [3.63, 3.8) is 0 Å². The molecule has 0 aliphatic rings. The third-order valence-corrected chi connectivity index (χ3v) is 1.77. The first-order valence-corrected chi connectivity index (χ1v) is 4.03. The van der Waals surface area contributed by atoms with Crippen molar-refractivity contribution in [2.75, 3.05) is 0 Å². The van der Waals surface area contributed by atoms with E-state index in [0.717, 1.165) is 11.0 Å². The molecule has 0 amide bonds. The maximum absolute atomic E-state index is 10.9. The van der Waals surface area contributed by atoms with Crippen LogP contribution in [0.1, 0.15) is 6.92 Å². The fraction of sp³-hybridized carbons (Fsp3) is 0.222. The lowest BCUT2D eigenvalue weighted by Crippen LogP contribution is -2.07. The highest BCUT2D eigenvalue weighted by Crippen LogP contribution is 2.08. The Bertz CT molecular complexity index is 447. The summed E-state index contributed by atoms with van der Waals surface area (Å²) in [6.45, 7) is 1.83. The van der Waals surface area contributed by atoms with Crippen LogP contribution in [0.4, 0.5) is 0 Å². The summed E-state index contributed by atoms with van der Waals surface area (Å²) in [5.41, 5.74) is 0.762. The van der Waals surface area contributed by atoms with Crippen LogP contribution in [0.3, 0.4) is 0 Å². The third kappa shape index (κ3) is 1.42. The molecule has 66 valence electrons. The Labute approximate surface area is 75.2 Å². The van der Waals surface area contributed by atoms with Gasteiger partial charge in [-0.05, 0) is 19.1 Å². The lowest BCUT2D eigenvalue weighted by molar-refractivity contribution is -0.117. The second kappa shape index (κ2) is 2.97. The first kappa shape index (κ1) is 7.91. The normalized spacial score (nSPS) is 10.5. The van der Waals surface area contributed by atoms with E-state index in [1.54, 1.807) is 17.1 Å². The molecule has 0 aliphatic carbocycles. The molecule has 0 unspecified atom stereocenters. The Morgan fingerprint density at radius 3 is 3.23 bits per heavy atom. The molecule has 0 atom stereocenters. The van der Waals surface area contributed by atoms with E-state index in [-0.39, 0.29) is 5.78 Å². The minimum absolute atomic E-state index is 0.0793. The van der Waals surface area contributed by atoms with Gasteiger partial charge in [0, 0.05) is 11.6 Å². The van der Waals surface area contributed by atoms with Crippen LogP contribution in [-0.2, 0) is 11.3 Å². The van der Waals surface area contributed by atoms with Crippen LogP contribution in [0.5, 0.6) is 0 Å². The number of fused-ring (bicyclic) bond motifs is 1. The summed E-state index contributed by atoms with van der Waals surface area (Å²) in [7, 11) is 0. The highest BCUT2D eigenvalue weighted by molar-refractivity contribution is 5.79. The first-order chi connectivity index (χ1) is 6.27. The molecule has 0 bridgehead atoms. The lowest BCUT2D eigenvalue weighted by atomic mass is 10.3. The van der Waals surface area contributed by atoms with Gasteiger partial charge in [0.25, 0.3) is 0 Å². The number of hydrogen-bond donors (Lipinski definition) is 0. The molecule has 0 aliphatic heterocycles. The van der Waals surface area contributed by atoms with Crippen LogP contribution < -0.4 is 0 Å². The summed E-state index contributed by atoms with van der Waals surface area (Å²) in [5, 5.41) is 5.03. The van der Waals surface area contributed by atoms with Gasteiger partial charge in [0.15, 0.2) is 11.4 Å². The molecule has 0 N–H and O–H groups in total. The van der Waals surface area contributed by atoms with Crippen LogP contribution in [0, 0.1) is 0 Å². The van der Waals surface area contributed by atoms with Crippen LogP contribution in [0.15, 0.2) is 24.5 Å². The van der Waals surface area contributed by atoms with Crippen molar-refractivity contribution in [2.24, 2.45) is 0 Å². The van der Waals surface area contributed by atoms with Gasteiger partial charge in [0.1, 0.15) is 6.54 Å². The number of Topliss-reactive ketones (excluding diaryl/α,β-unsaturated/α-hetero) is 1. The largest absolute Gasteiger partial charge is 0.298 e. The van der Waals surface area contributed by atoms with Crippen LogP contribution in [-0.4, -0.2) is 20.5 Å². The van der Waals surface area contributed by atoms with Crippen molar-refractivity contribution in [1.29, 1.82) is 0 Å². The van der Waals surface area contributed by atoms with Gasteiger partial charge in [-0.15, -0.1) is 0 Å². The number of carbonyl (C=O) groups excluding carboxylic acids is 1. The lowest BCUT2D eigenvalue weighted by Gasteiger charge is -1.97. The van der Waals surface area contributed by atoms with Gasteiger partial charge in [-0.3, -0.25) is 4.79 Å². The Hall–Kier alpha value is -1.71. The molecule has 0 saturated heterocycles. The Balaban J connectivity index is 2.51. The van der Waals surface area contributed by atoms with E-state index in [1.807, 2.05) is 12.1 Å². The zero-order chi connectivity index (χ0) is 9.26. The maximum atomic E-state index is 10.9. The Morgan fingerprint density at radius 1 is 1.62 bits per heavy atom. The molecule has 4 nitrogen and oxygen atoms in total. The predicted octanol–water partition coefficient (Wildman–Crippen LogP) is 1.02. The van der Waals surface area contributed by atoms with Gasteiger partial charge in [-0.1, -0.05) is 0 Å². The molecule has 4 heteroatoms. The zero-order valence-electron chi connectivity index (χ0n) is 7.27. The SMILES string of the molecule is CC(=O)Cn1ncc2cccnc21.